The molecule has 0 radical (unpaired) electrons. The van der Waals surface area contributed by atoms with E-state index in [2.05, 4.69) is 72.8 Å². The van der Waals surface area contributed by atoms with Crippen LogP contribution in [0.5, 0.6) is 0 Å². The van der Waals surface area contributed by atoms with Crippen molar-refractivity contribution in [3.8, 4) is 0 Å². The molecule has 0 aromatic heterocycles. The standard InChI is InChI=1S/C21H18S3/c1-7-19-8-2-16(1)13-22-20-9-3-18(4-10-20)15-24-21-11-5-17(6-12-21)14-23-19/h1-12H,13-15H2. The van der Waals surface area contributed by atoms with Crippen LogP contribution in [0.3, 0.4) is 0 Å². The zero-order valence-corrected chi connectivity index (χ0v) is 15.7. The maximum Gasteiger partial charge on any atom is 0.0232 e. The lowest BCUT2D eigenvalue weighted by atomic mass is 10.2. The lowest BCUT2D eigenvalue weighted by Gasteiger charge is -2.08. The minimum absolute atomic E-state index is 1.03. The molecule has 0 atom stereocenters. The van der Waals surface area contributed by atoms with E-state index in [-0.39, 0.29) is 0 Å². The Balaban J connectivity index is 1.62. The highest BCUT2D eigenvalue weighted by atomic mass is 32.2. The Morgan fingerprint density at radius 1 is 0.375 bits per heavy atom. The Kier molecular flexibility index (Phi) is 5.21. The first kappa shape index (κ1) is 16.2. The first-order valence-electron chi connectivity index (χ1n) is 8.00. The minimum Gasteiger partial charge on any atom is -0.121 e. The molecule has 0 unspecified atom stereocenters. The fourth-order valence-corrected chi connectivity index (χ4v) is 5.11. The fraction of sp³-hybridized carbons (Fsp3) is 0.143. The molecule has 6 aliphatic rings. The predicted octanol–water partition coefficient (Wildman–Crippen LogP) is 6.88. The third kappa shape index (κ3) is 4.21. The van der Waals surface area contributed by atoms with Gasteiger partial charge in [-0.3, -0.25) is 0 Å². The molecule has 6 bridgehead atoms. The number of rotatable bonds is 0. The van der Waals surface area contributed by atoms with Gasteiger partial charge in [-0.25, -0.2) is 0 Å². The Morgan fingerprint density at radius 2 is 0.625 bits per heavy atom. The molecule has 0 saturated heterocycles. The topological polar surface area (TPSA) is 0 Å². The van der Waals surface area contributed by atoms with Gasteiger partial charge in [-0.1, -0.05) is 36.4 Å². The molecular formula is C21H18S3. The average molecular weight is 367 g/mol. The van der Waals surface area contributed by atoms with Gasteiger partial charge in [0.05, 0.1) is 0 Å². The largest absolute Gasteiger partial charge is 0.121 e. The maximum absolute atomic E-state index is 2.26. The zero-order valence-electron chi connectivity index (χ0n) is 13.3. The normalized spacial score (nSPS) is 14.5. The van der Waals surface area contributed by atoms with Crippen molar-refractivity contribution in [2.75, 3.05) is 0 Å². The van der Waals surface area contributed by atoms with Crippen LogP contribution in [-0.4, -0.2) is 0 Å². The third-order valence-electron chi connectivity index (χ3n) is 3.99. The number of hydrogen-bond donors (Lipinski definition) is 0. The second kappa shape index (κ2) is 7.73. The lowest BCUT2D eigenvalue weighted by molar-refractivity contribution is 1.29. The lowest BCUT2D eigenvalue weighted by Crippen LogP contribution is -1.86. The van der Waals surface area contributed by atoms with Gasteiger partial charge in [-0.2, -0.15) is 0 Å². The van der Waals surface area contributed by atoms with Gasteiger partial charge >= 0.3 is 0 Å². The van der Waals surface area contributed by atoms with Crippen molar-refractivity contribution in [1.82, 2.24) is 0 Å². The number of hydrogen-bond acceptors (Lipinski definition) is 3. The van der Waals surface area contributed by atoms with Gasteiger partial charge in [-0.15, -0.1) is 35.3 Å². The van der Waals surface area contributed by atoms with Crippen LogP contribution in [-0.2, 0) is 17.3 Å². The van der Waals surface area contributed by atoms with Crippen LogP contribution in [0.2, 0.25) is 0 Å². The van der Waals surface area contributed by atoms with Crippen molar-refractivity contribution in [1.29, 1.82) is 0 Å². The Hall–Kier alpha value is -1.29. The highest BCUT2D eigenvalue weighted by Crippen LogP contribution is 2.29. The second-order valence-corrected chi connectivity index (χ2v) is 8.94. The van der Waals surface area contributed by atoms with Crippen molar-refractivity contribution in [3.05, 3.63) is 89.5 Å². The van der Waals surface area contributed by atoms with Gasteiger partial charge in [0, 0.05) is 31.9 Å². The Bertz CT molecular complexity index is 608. The molecule has 0 fully saturated rings. The van der Waals surface area contributed by atoms with Gasteiger partial charge in [0.1, 0.15) is 0 Å². The molecule has 0 amide bonds. The van der Waals surface area contributed by atoms with Gasteiger partial charge in [0.15, 0.2) is 0 Å². The monoisotopic (exact) mass is 366 g/mol. The molecule has 3 heteroatoms. The predicted molar refractivity (Wildman–Crippen MR) is 108 cm³/mol. The summed E-state index contributed by atoms with van der Waals surface area (Å²) in [5, 5.41) is 0. The second-order valence-electron chi connectivity index (χ2n) is 5.80. The van der Waals surface area contributed by atoms with E-state index in [4.69, 9.17) is 0 Å². The summed E-state index contributed by atoms with van der Waals surface area (Å²) in [6, 6.07) is 27.0. The number of benzene rings is 3. The molecule has 6 aliphatic heterocycles. The van der Waals surface area contributed by atoms with Crippen molar-refractivity contribution >= 4 is 35.3 Å². The minimum atomic E-state index is 1.03. The zero-order chi connectivity index (χ0) is 16.2. The van der Waals surface area contributed by atoms with E-state index in [1.54, 1.807) is 0 Å². The first-order chi connectivity index (χ1) is 11.8. The van der Waals surface area contributed by atoms with Gasteiger partial charge in [-0.05, 0) is 53.1 Å². The van der Waals surface area contributed by atoms with Crippen LogP contribution in [0.1, 0.15) is 16.7 Å². The van der Waals surface area contributed by atoms with Crippen molar-refractivity contribution in [2.45, 2.75) is 31.9 Å². The van der Waals surface area contributed by atoms with E-state index >= 15 is 0 Å². The summed E-state index contributed by atoms with van der Waals surface area (Å²) in [7, 11) is 0. The summed E-state index contributed by atoms with van der Waals surface area (Å²) < 4.78 is 0. The first-order valence-corrected chi connectivity index (χ1v) is 11.0. The SMILES string of the molecule is c1cc2ccc1CSc1ccc(cc1)CSc1ccc(cc1)CS2. The highest BCUT2D eigenvalue weighted by molar-refractivity contribution is 7.99. The average Bonchev–Trinajstić information content (AvgIpc) is 2.65. The summed E-state index contributed by atoms with van der Waals surface area (Å²) in [5.41, 5.74) is 4.15. The summed E-state index contributed by atoms with van der Waals surface area (Å²) >= 11 is 5.72. The van der Waals surface area contributed by atoms with E-state index < -0.39 is 0 Å². The molecule has 3 aromatic rings. The van der Waals surface area contributed by atoms with Crippen LogP contribution < -0.4 is 0 Å². The summed E-state index contributed by atoms with van der Waals surface area (Å²) in [5.74, 6) is 3.08. The molecule has 9 rings (SSSR count). The molecule has 0 saturated carbocycles. The maximum atomic E-state index is 2.26. The van der Waals surface area contributed by atoms with Crippen LogP contribution in [0, 0.1) is 0 Å². The molecule has 0 spiro atoms. The molecular weight excluding hydrogens is 348 g/mol. The van der Waals surface area contributed by atoms with E-state index in [0.717, 1.165) is 17.3 Å². The van der Waals surface area contributed by atoms with Crippen molar-refractivity contribution in [3.63, 3.8) is 0 Å². The quantitative estimate of drug-likeness (QED) is 0.426. The van der Waals surface area contributed by atoms with Crippen LogP contribution in [0.4, 0.5) is 0 Å². The summed E-state index contributed by atoms with van der Waals surface area (Å²) in [6.07, 6.45) is 0. The summed E-state index contributed by atoms with van der Waals surface area (Å²) in [6.45, 7) is 0. The molecule has 24 heavy (non-hydrogen) atoms. The van der Waals surface area contributed by atoms with Gasteiger partial charge in [0.2, 0.25) is 0 Å². The third-order valence-corrected chi connectivity index (χ3v) is 7.24. The van der Waals surface area contributed by atoms with Crippen molar-refractivity contribution < 1.29 is 0 Å². The van der Waals surface area contributed by atoms with Crippen LogP contribution in [0.25, 0.3) is 0 Å². The van der Waals surface area contributed by atoms with E-state index in [1.807, 2.05) is 35.3 Å². The van der Waals surface area contributed by atoms with Crippen LogP contribution in [0.15, 0.2) is 87.5 Å². The van der Waals surface area contributed by atoms with Crippen LogP contribution >= 0.6 is 35.3 Å². The van der Waals surface area contributed by atoms with E-state index in [0.29, 0.717) is 0 Å². The Morgan fingerprint density at radius 3 is 0.875 bits per heavy atom. The van der Waals surface area contributed by atoms with E-state index in [9.17, 15) is 0 Å². The molecule has 0 aliphatic carbocycles. The molecule has 0 nitrogen and oxygen atoms in total. The number of thioether (sulfide) groups is 3. The highest BCUT2D eigenvalue weighted by Gasteiger charge is 2.03. The molecule has 6 heterocycles. The summed E-state index contributed by atoms with van der Waals surface area (Å²) in [4.78, 5) is 4.02. The smallest absolute Gasteiger partial charge is 0.0232 e. The van der Waals surface area contributed by atoms with Crippen molar-refractivity contribution in [2.24, 2.45) is 0 Å². The van der Waals surface area contributed by atoms with E-state index in [1.165, 1.54) is 31.4 Å². The molecule has 3 aromatic carbocycles. The molecule has 0 N–H and O–H groups in total. The fourth-order valence-electron chi connectivity index (χ4n) is 2.55. The Labute approximate surface area is 156 Å². The van der Waals surface area contributed by atoms with Gasteiger partial charge < -0.3 is 0 Å². The van der Waals surface area contributed by atoms with Gasteiger partial charge in [0.25, 0.3) is 0 Å². The molecule has 120 valence electrons.